The van der Waals surface area contributed by atoms with Crippen LogP contribution in [0.1, 0.15) is 86.5 Å². The van der Waals surface area contributed by atoms with Gasteiger partial charge in [0.05, 0.1) is 4.90 Å². The van der Waals surface area contributed by atoms with Crippen molar-refractivity contribution in [3.8, 4) is 0 Å². The van der Waals surface area contributed by atoms with E-state index >= 15 is 0 Å². The van der Waals surface area contributed by atoms with Crippen LogP contribution in [0.5, 0.6) is 0 Å². The molecule has 16 nitrogen and oxygen atoms in total. The molecule has 284 valence electrons. The van der Waals surface area contributed by atoms with Crippen molar-refractivity contribution < 1.29 is 47.0 Å². The number of nitrogens with zero attached hydrogens (tertiary/aromatic N) is 3. The van der Waals surface area contributed by atoms with Crippen molar-refractivity contribution >= 4 is 46.0 Å². The zero-order valence-corrected chi connectivity index (χ0v) is 31.1. The van der Waals surface area contributed by atoms with Crippen molar-refractivity contribution in [1.82, 2.24) is 25.2 Å². The number of aliphatic imine (C=N–C) groups is 1. The highest BCUT2D eigenvalue weighted by atomic mass is 32.2. The van der Waals surface area contributed by atoms with Crippen LogP contribution in [0.4, 0.5) is 9.59 Å². The highest BCUT2D eigenvalue weighted by Crippen LogP contribution is 2.41. The first-order chi connectivity index (χ1) is 23.7. The van der Waals surface area contributed by atoms with Crippen LogP contribution >= 0.6 is 0 Å². The van der Waals surface area contributed by atoms with Crippen molar-refractivity contribution in [3.63, 3.8) is 0 Å². The number of likely N-dealkylation sites (tertiary alicyclic amines) is 2. The molecule has 2 heterocycles. The molecule has 2 fully saturated rings. The number of rotatable bonds is 10. The zero-order valence-electron chi connectivity index (χ0n) is 30.3. The van der Waals surface area contributed by atoms with Gasteiger partial charge in [-0.3, -0.25) is 19.7 Å². The highest BCUT2D eigenvalue weighted by molar-refractivity contribution is 7.89. The summed E-state index contributed by atoms with van der Waals surface area (Å²) in [4.78, 5) is 69.7. The minimum absolute atomic E-state index is 0.0225. The molecule has 1 atom stereocenters. The number of sulfonamides is 1. The molecule has 0 saturated carbocycles. The fraction of sp³-hybridized carbons (Fsp3) is 0.647. The summed E-state index contributed by atoms with van der Waals surface area (Å²) in [6.07, 6.45) is 1.06. The topological polar surface area (TPSA) is 213 Å². The summed E-state index contributed by atoms with van der Waals surface area (Å²) < 4.78 is 37.9. The van der Waals surface area contributed by atoms with Gasteiger partial charge in [0.1, 0.15) is 17.2 Å². The number of carbonyl (C=O) groups excluding carboxylic acids is 4. The largest absolute Gasteiger partial charge is 0.480 e. The molecule has 0 radical (unpaired) electrons. The van der Waals surface area contributed by atoms with E-state index in [-0.39, 0.29) is 53.9 Å². The number of amides is 4. The maximum atomic E-state index is 13.1. The number of hydrogen-bond acceptors (Lipinski definition) is 9. The Kier molecular flexibility index (Phi) is 14.0. The molecule has 51 heavy (non-hydrogen) atoms. The standard InChI is InChI=1S/C34H52N6O10S/c1-32(2,3)49-30(45)36-29(37-31(46)50-33(4,5)6)35-19-14-27(42)40-22-17-34(18-23-40)15-20-39(21-16-34)26(41)13-12-25(28(43)44)38-51(47,48)24-10-8-7-9-11-24/h7-11,25,38H,12-23H2,1-6H3,(H,43,44)(H2,35,36,37,45,46). The molecule has 4 amide bonds. The molecule has 4 N–H and O–H groups in total. The van der Waals surface area contributed by atoms with Crippen molar-refractivity contribution in [2.45, 2.75) is 109 Å². The Morgan fingerprint density at radius 1 is 0.843 bits per heavy atom. The number of ether oxygens (including phenoxy) is 2. The van der Waals surface area contributed by atoms with Gasteiger partial charge in [0.15, 0.2) is 0 Å². The Morgan fingerprint density at radius 2 is 1.35 bits per heavy atom. The molecule has 1 aromatic carbocycles. The molecule has 1 spiro atoms. The number of nitrogens with one attached hydrogen (secondary N) is 3. The first kappa shape index (κ1) is 41.2. The van der Waals surface area contributed by atoms with Crippen molar-refractivity contribution in [3.05, 3.63) is 30.3 Å². The van der Waals surface area contributed by atoms with E-state index in [1.807, 2.05) is 0 Å². The molecule has 3 rings (SSSR count). The van der Waals surface area contributed by atoms with E-state index < -0.39 is 45.4 Å². The van der Waals surface area contributed by atoms with Crippen LogP contribution in [0.25, 0.3) is 0 Å². The lowest BCUT2D eigenvalue weighted by atomic mass is 9.71. The minimum Gasteiger partial charge on any atom is -0.480 e. The monoisotopic (exact) mass is 736 g/mol. The lowest BCUT2D eigenvalue weighted by Crippen LogP contribution is -2.50. The van der Waals surface area contributed by atoms with E-state index in [0.29, 0.717) is 26.2 Å². The molecule has 0 aliphatic carbocycles. The number of piperidine rings is 2. The molecule has 1 unspecified atom stereocenters. The van der Waals surface area contributed by atoms with Gasteiger partial charge in [0.2, 0.25) is 27.8 Å². The third kappa shape index (κ3) is 13.8. The van der Waals surface area contributed by atoms with Crippen molar-refractivity contribution in [2.24, 2.45) is 10.4 Å². The molecular weight excluding hydrogens is 684 g/mol. The Hall–Kier alpha value is -4.25. The van der Waals surface area contributed by atoms with Crippen LogP contribution in [0.3, 0.4) is 0 Å². The fourth-order valence-electron chi connectivity index (χ4n) is 5.81. The van der Waals surface area contributed by atoms with Gasteiger partial charge >= 0.3 is 18.2 Å². The van der Waals surface area contributed by atoms with E-state index in [1.54, 1.807) is 57.4 Å². The SMILES string of the molecule is CC(C)(C)OC(=O)/N=C(/NCCC(=O)N1CCC2(CC1)CCN(C(=O)CCC(NS(=O)(=O)c1ccccc1)C(=O)O)CC2)NC(=O)OC(C)(C)C. The average molecular weight is 737 g/mol. The molecule has 17 heteroatoms. The number of aliphatic carboxylic acids is 1. The quantitative estimate of drug-likeness (QED) is 0.202. The summed E-state index contributed by atoms with van der Waals surface area (Å²) in [5, 5.41) is 14.8. The van der Waals surface area contributed by atoms with Crippen LogP contribution < -0.4 is 15.4 Å². The number of alkyl carbamates (subject to hydrolysis) is 1. The Labute approximate surface area is 299 Å². The third-order valence-corrected chi connectivity index (χ3v) is 9.98. The second-order valence-corrected chi connectivity index (χ2v) is 16.6. The summed E-state index contributed by atoms with van der Waals surface area (Å²) in [6, 6.07) is 6.01. The van der Waals surface area contributed by atoms with Crippen molar-refractivity contribution in [1.29, 1.82) is 0 Å². The minimum atomic E-state index is -4.07. The van der Waals surface area contributed by atoms with Gasteiger partial charge in [0.25, 0.3) is 0 Å². The summed E-state index contributed by atoms with van der Waals surface area (Å²) in [6.45, 7) is 12.3. The van der Waals surface area contributed by atoms with Crippen LogP contribution in [-0.4, -0.2) is 109 Å². The van der Waals surface area contributed by atoms with Crippen molar-refractivity contribution in [2.75, 3.05) is 32.7 Å². The lowest BCUT2D eigenvalue weighted by molar-refractivity contribution is -0.139. The van der Waals surface area contributed by atoms with Gasteiger partial charge in [-0.15, -0.1) is 4.99 Å². The first-order valence-electron chi connectivity index (χ1n) is 17.1. The molecule has 0 bridgehead atoms. The Balaban J connectivity index is 1.45. The second-order valence-electron chi connectivity index (χ2n) is 14.9. The predicted octanol–water partition coefficient (Wildman–Crippen LogP) is 3.23. The zero-order chi connectivity index (χ0) is 38.0. The summed E-state index contributed by atoms with van der Waals surface area (Å²) in [7, 11) is -4.07. The summed E-state index contributed by atoms with van der Waals surface area (Å²) in [5.41, 5.74) is -1.61. The van der Waals surface area contributed by atoms with E-state index in [9.17, 15) is 37.5 Å². The van der Waals surface area contributed by atoms with E-state index in [2.05, 4.69) is 20.3 Å². The number of guanidine groups is 1. The number of carboxylic acids is 1. The van der Waals surface area contributed by atoms with Gasteiger partial charge < -0.3 is 29.7 Å². The number of carbonyl (C=O) groups is 5. The van der Waals surface area contributed by atoms with Gasteiger partial charge in [-0.2, -0.15) is 4.72 Å². The number of carboxylic acid groups (broad SMARTS) is 1. The van der Waals surface area contributed by atoms with Gasteiger partial charge in [-0.05, 0) is 91.2 Å². The van der Waals surface area contributed by atoms with Gasteiger partial charge in [-0.25, -0.2) is 18.0 Å². The van der Waals surface area contributed by atoms with Crippen LogP contribution in [0.2, 0.25) is 0 Å². The predicted molar refractivity (Wildman–Crippen MR) is 187 cm³/mol. The van der Waals surface area contributed by atoms with Crippen LogP contribution in [0.15, 0.2) is 40.2 Å². The van der Waals surface area contributed by atoms with E-state index in [1.165, 1.54) is 24.3 Å². The molecule has 2 aliphatic rings. The fourth-order valence-corrected chi connectivity index (χ4v) is 7.05. The first-order valence-corrected chi connectivity index (χ1v) is 18.6. The molecular formula is C34H52N6O10S. The molecule has 0 aromatic heterocycles. The Bertz CT molecular complexity index is 1530. The summed E-state index contributed by atoms with van der Waals surface area (Å²) >= 11 is 0. The van der Waals surface area contributed by atoms with E-state index in [4.69, 9.17) is 9.47 Å². The molecule has 1 aromatic rings. The molecule has 2 aliphatic heterocycles. The Morgan fingerprint density at radius 3 is 1.84 bits per heavy atom. The lowest BCUT2D eigenvalue weighted by Gasteiger charge is -2.47. The maximum Gasteiger partial charge on any atom is 0.437 e. The third-order valence-electron chi connectivity index (χ3n) is 8.50. The normalized spacial score (nSPS) is 17.3. The highest BCUT2D eigenvalue weighted by Gasteiger charge is 2.39. The smallest absolute Gasteiger partial charge is 0.437 e. The molecule has 2 saturated heterocycles. The number of hydrogen-bond donors (Lipinski definition) is 4. The average Bonchev–Trinajstić information content (AvgIpc) is 3.02. The maximum absolute atomic E-state index is 13.1. The van der Waals surface area contributed by atoms with E-state index in [0.717, 1.165) is 25.7 Å². The second kappa shape index (κ2) is 17.3. The van der Waals surface area contributed by atoms with Gasteiger partial charge in [0, 0.05) is 45.6 Å². The summed E-state index contributed by atoms with van der Waals surface area (Å²) in [5.74, 6) is -1.89. The number of benzene rings is 1. The van der Waals surface area contributed by atoms with Crippen LogP contribution in [-0.2, 0) is 33.9 Å². The van der Waals surface area contributed by atoms with Gasteiger partial charge in [-0.1, -0.05) is 18.2 Å². The van der Waals surface area contributed by atoms with Crippen LogP contribution in [0, 0.1) is 5.41 Å².